The van der Waals surface area contributed by atoms with E-state index in [1.165, 1.54) is 0 Å². The van der Waals surface area contributed by atoms with Crippen molar-refractivity contribution in [1.29, 1.82) is 0 Å². The van der Waals surface area contributed by atoms with Crippen LogP contribution in [0.2, 0.25) is 0 Å². The molecule has 0 unspecified atom stereocenters. The largest absolute Gasteiger partial charge is 0.483 e. The number of aromatic nitrogens is 1. The first kappa shape index (κ1) is 19.5. The van der Waals surface area contributed by atoms with Gasteiger partial charge in [0.25, 0.3) is 0 Å². The molecule has 3 aromatic carbocycles. The fourth-order valence-corrected chi connectivity index (χ4v) is 2.96. The molecule has 4 heteroatoms. The first-order valence-electron chi connectivity index (χ1n) is 9.86. The van der Waals surface area contributed by atoms with Crippen molar-refractivity contribution in [3.05, 3.63) is 120 Å². The highest BCUT2D eigenvalue weighted by Gasteiger charge is 2.15. The van der Waals surface area contributed by atoms with Crippen LogP contribution in [0.4, 0.5) is 0 Å². The maximum atomic E-state index is 6.14. The summed E-state index contributed by atoms with van der Waals surface area (Å²) in [4.78, 5) is 4.29. The first-order chi connectivity index (χ1) is 14.9. The van der Waals surface area contributed by atoms with Crippen LogP contribution in [0.25, 0.3) is 0 Å². The molecular formula is C26H23NO3. The Hall–Kier alpha value is -3.79. The molecule has 1 heterocycles. The molecule has 150 valence electrons. The quantitative estimate of drug-likeness (QED) is 0.357. The van der Waals surface area contributed by atoms with Crippen LogP contribution >= 0.6 is 0 Å². The lowest BCUT2D eigenvalue weighted by atomic mass is 10.2. The molecule has 4 rings (SSSR count). The van der Waals surface area contributed by atoms with E-state index >= 15 is 0 Å². The number of rotatable bonds is 9. The molecular weight excluding hydrogens is 374 g/mol. The zero-order valence-electron chi connectivity index (χ0n) is 16.6. The van der Waals surface area contributed by atoms with E-state index < -0.39 is 0 Å². The van der Waals surface area contributed by atoms with E-state index in [2.05, 4.69) is 4.98 Å². The topological polar surface area (TPSA) is 40.6 Å². The summed E-state index contributed by atoms with van der Waals surface area (Å²) in [6.07, 6.45) is 3.33. The average Bonchev–Trinajstić information content (AvgIpc) is 2.82. The van der Waals surface area contributed by atoms with Crippen LogP contribution in [0.1, 0.15) is 16.7 Å². The molecule has 0 fully saturated rings. The van der Waals surface area contributed by atoms with Crippen LogP contribution in [0.3, 0.4) is 0 Å². The number of pyridine rings is 1. The smallest absolute Gasteiger partial charge is 0.207 e. The molecule has 1 aromatic heterocycles. The van der Waals surface area contributed by atoms with Gasteiger partial charge in [-0.3, -0.25) is 4.98 Å². The number of nitrogens with zero attached hydrogens (tertiary/aromatic N) is 1. The van der Waals surface area contributed by atoms with E-state index in [0.29, 0.717) is 37.1 Å². The van der Waals surface area contributed by atoms with E-state index in [1.54, 1.807) is 12.4 Å². The first-order valence-corrected chi connectivity index (χ1v) is 9.86. The molecule has 0 amide bonds. The van der Waals surface area contributed by atoms with Crippen LogP contribution in [-0.2, 0) is 19.8 Å². The summed E-state index contributed by atoms with van der Waals surface area (Å²) in [5.74, 6) is 1.67. The Balaban J connectivity index is 1.54. The lowest BCUT2D eigenvalue weighted by Crippen LogP contribution is -2.04. The van der Waals surface area contributed by atoms with Gasteiger partial charge in [-0.05, 0) is 16.7 Å². The third-order valence-corrected chi connectivity index (χ3v) is 4.53. The van der Waals surface area contributed by atoms with Crippen LogP contribution in [-0.4, -0.2) is 4.98 Å². The monoisotopic (exact) mass is 397 g/mol. The second-order valence-electron chi connectivity index (χ2n) is 6.79. The molecule has 0 N–H and O–H groups in total. The molecule has 0 atom stereocenters. The van der Waals surface area contributed by atoms with Gasteiger partial charge in [0.05, 0.1) is 12.4 Å². The van der Waals surface area contributed by atoms with Crippen molar-refractivity contribution < 1.29 is 14.2 Å². The molecule has 0 aliphatic carbocycles. The van der Waals surface area contributed by atoms with Crippen LogP contribution in [0.5, 0.6) is 17.2 Å². The zero-order chi connectivity index (χ0) is 20.4. The Morgan fingerprint density at radius 3 is 1.23 bits per heavy atom. The van der Waals surface area contributed by atoms with Crippen molar-refractivity contribution in [3.8, 4) is 17.2 Å². The van der Waals surface area contributed by atoms with Crippen molar-refractivity contribution in [2.45, 2.75) is 19.8 Å². The summed E-state index contributed by atoms with van der Waals surface area (Å²) < 4.78 is 18.2. The third-order valence-electron chi connectivity index (χ3n) is 4.53. The maximum absolute atomic E-state index is 6.14. The molecule has 4 aromatic rings. The predicted octanol–water partition coefficient (Wildman–Crippen LogP) is 5.82. The zero-order valence-corrected chi connectivity index (χ0v) is 16.6. The molecule has 0 saturated heterocycles. The van der Waals surface area contributed by atoms with Crippen molar-refractivity contribution in [1.82, 2.24) is 4.98 Å². The maximum Gasteiger partial charge on any atom is 0.207 e. The minimum atomic E-state index is 0.411. The van der Waals surface area contributed by atoms with Gasteiger partial charge < -0.3 is 14.2 Å². The highest BCUT2D eigenvalue weighted by molar-refractivity contribution is 5.49. The van der Waals surface area contributed by atoms with E-state index in [1.807, 2.05) is 91.0 Å². The van der Waals surface area contributed by atoms with Gasteiger partial charge in [0.2, 0.25) is 5.75 Å². The van der Waals surface area contributed by atoms with E-state index in [9.17, 15) is 0 Å². The minimum absolute atomic E-state index is 0.411. The van der Waals surface area contributed by atoms with Crippen LogP contribution in [0, 0.1) is 0 Å². The van der Waals surface area contributed by atoms with Crippen molar-refractivity contribution in [3.63, 3.8) is 0 Å². The second-order valence-corrected chi connectivity index (χ2v) is 6.79. The van der Waals surface area contributed by atoms with Crippen molar-refractivity contribution >= 4 is 0 Å². The molecule has 4 nitrogen and oxygen atoms in total. The Morgan fingerprint density at radius 1 is 0.467 bits per heavy atom. The number of hydrogen-bond donors (Lipinski definition) is 0. The second kappa shape index (κ2) is 10.1. The van der Waals surface area contributed by atoms with Gasteiger partial charge in [-0.2, -0.15) is 0 Å². The molecule has 30 heavy (non-hydrogen) atoms. The SMILES string of the molecule is c1ccc(COc2cncc(OCc3ccccc3)c2OCc2ccccc2)cc1. The highest BCUT2D eigenvalue weighted by Crippen LogP contribution is 2.37. The predicted molar refractivity (Wildman–Crippen MR) is 117 cm³/mol. The van der Waals surface area contributed by atoms with Gasteiger partial charge >= 0.3 is 0 Å². The van der Waals surface area contributed by atoms with Crippen molar-refractivity contribution in [2.24, 2.45) is 0 Å². The summed E-state index contributed by atoms with van der Waals surface area (Å²) in [5, 5.41) is 0. The van der Waals surface area contributed by atoms with E-state index in [0.717, 1.165) is 16.7 Å². The third kappa shape index (κ3) is 5.39. The van der Waals surface area contributed by atoms with Gasteiger partial charge in [0.1, 0.15) is 19.8 Å². The normalized spacial score (nSPS) is 10.4. The standard InChI is InChI=1S/C26H23NO3/c1-4-10-21(11-5-1)18-28-24-16-27-17-25(29-19-22-12-6-2-7-13-22)26(24)30-20-23-14-8-3-9-15-23/h1-17H,18-20H2. The van der Waals surface area contributed by atoms with Gasteiger partial charge in [-0.25, -0.2) is 0 Å². The molecule has 0 bridgehead atoms. The van der Waals surface area contributed by atoms with Gasteiger partial charge in [0.15, 0.2) is 11.5 Å². The Bertz CT molecular complexity index is 976. The lowest BCUT2D eigenvalue weighted by Gasteiger charge is -2.16. The van der Waals surface area contributed by atoms with Crippen molar-refractivity contribution in [2.75, 3.05) is 0 Å². The summed E-state index contributed by atoms with van der Waals surface area (Å²) in [6, 6.07) is 30.0. The van der Waals surface area contributed by atoms with Gasteiger partial charge in [-0.15, -0.1) is 0 Å². The fraction of sp³-hybridized carbons (Fsp3) is 0.115. The van der Waals surface area contributed by atoms with E-state index in [4.69, 9.17) is 14.2 Å². The van der Waals surface area contributed by atoms with Crippen LogP contribution < -0.4 is 14.2 Å². The summed E-state index contributed by atoms with van der Waals surface area (Å²) >= 11 is 0. The molecule has 0 saturated carbocycles. The number of ether oxygens (including phenoxy) is 3. The number of hydrogen-bond acceptors (Lipinski definition) is 4. The summed E-state index contributed by atoms with van der Waals surface area (Å²) in [6.45, 7) is 1.26. The molecule has 0 aliphatic rings. The Kier molecular flexibility index (Phi) is 6.59. The molecule has 0 aliphatic heterocycles. The lowest BCUT2D eigenvalue weighted by molar-refractivity contribution is 0.228. The fourth-order valence-electron chi connectivity index (χ4n) is 2.96. The highest BCUT2D eigenvalue weighted by atomic mass is 16.5. The van der Waals surface area contributed by atoms with Gasteiger partial charge in [-0.1, -0.05) is 91.0 Å². The Morgan fingerprint density at radius 2 is 0.833 bits per heavy atom. The minimum Gasteiger partial charge on any atom is -0.483 e. The van der Waals surface area contributed by atoms with Gasteiger partial charge in [0, 0.05) is 0 Å². The average molecular weight is 397 g/mol. The van der Waals surface area contributed by atoms with Crippen LogP contribution in [0.15, 0.2) is 103 Å². The molecule has 0 radical (unpaired) electrons. The summed E-state index contributed by atoms with van der Waals surface area (Å²) in [5.41, 5.74) is 3.21. The number of benzene rings is 3. The van der Waals surface area contributed by atoms with E-state index in [-0.39, 0.29) is 0 Å². The molecule has 0 spiro atoms. The Labute approximate surface area is 176 Å². The summed E-state index contributed by atoms with van der Waals surface area (Å²) in [7, 11) is 0.